The normalized spacial score (nSPS) is 19.2. The molecule has 1 aliphatic heterocycles. The van der Waals surface area contributed by atoms with E-state index in [1.807, 2.05) is 0 Å². The van der Waals surface area contributed by atoms with Crippen molar-refractivity contribution in [2.75, 3.05) is 20.2 Å². The van der Waals surface area contributed by atoms with Gasteiger partial charge in [0.1, 0.15) is 5.75 Å². The smallest absolute Gasteiger partial charge is 0.122 e. The fraction of sp³-hybridized carbons (Fsp3) is 0.647. The number of piperidine rings is 1. The molecule has 0 radical (unpaired) electrons. The van der Waals surface area contributed by atoms with Crippen LogP contribution in [0, 0.1) is 0 Å². The largest absolute Gasteiger partial charge is 0.496 e. The van der Waals surface area contributed by atoms with Gasteiger partial charge in [-0.3, -0.25) is 0 Å². The molecule has 0 bridgehead atoms. The van der Waals surface area contributed by atoms with Crippen LogP contribution < -0.4 is 10.1 Å². The van der Waals surface area contributed by atoms with Crippen molar-refractivity contribution in [3.8, 4) is 5.75 Å². The van der Waals surface area contributed by atoms with Gasteiger partial charge in [-0.05, 0) is 54.0 Å². The second-order valence-electron chi connectivity index (χ2n) is 6.98. The van der Waals surface area contributed by atoms with Gasteiger partial charge in [-0.25, -0.2) is 0 Å². The molecule has 1 N–H and O–H groups in total. The fourth-order valence-electron chi connectivity index (χ4n) is 2.94. The van der Waals surface area contributed by atoms with E-state index in [0.717, 1.165) is 18.8 Å². The van der Waals surface area contributed by atoms with E-state index >= 15 is 0 Å². The van der Waals surface area contributed by atoms with Crippen LogP contribution in [0.2, 0.25) is 0 Å². The van der Waals surface area contributed by atoms with Crippen LogP contribution in [0.3, 0.4) is 0 Å². The van der Waals surface area contributed by atoms with Crippen LogP contribution in [-0.4, -0.2) is 20.2 Å². The molecule has 2 heteroatoms. The summed E-state index contributed by atoms with van der Waals surface area (Å²) in [4.78, 5) is 0. The van der Waals surface area contributed by atoms with E-state index in [0.29, 0.717) is 5.41 Å². The molecule has 0 amide bonds. The number of hydrogen-bond donors (Lipinski definition) is 1. The fourth-order valence-corrected chi connectivity index (χ4v) is 2.94. The zero-order valence-corrected chi connectivity index (χ0v) is 13.0. The summed E-state index contributed by atoms with van der Waals surface area (Å²) >= 11 is 0. The molecular weight excluding hydrogens is 234 g/mol. The highest BCUT2D eigenvalue weighted by Gasteiger charge is 2.30. The third kappa shape index (κ3) is 2.94. The number of hydrogen-bond acceptors (Lipinski definition) is 2. The Morgan fingerprint density at radius 1 is 1.16 bits per heavy atom. The standard InChI is InChI=1S/C17H27NO/c1-16(2,3)14-12-13(6-7-15(14)19-5)17(4)8-10-18-11-9-17/h6-7,12,18H,8-11H2,1-5H3. The first-order valence-corrected chi connectivity index (χ1v) is 7.26. The average molecular weight is 261 g/mol. The predicted molar refractivity (Wildman–Crippen MR) is 81.1 cm³/mol. The molecular formula is C17H27NO. The Kier molecular flexibility index (Phi) is 3.91. The Balaban J connectivity index is 2.43. The van der Waals surface area contributed by atoms with E-state index in [1.165, 1.54) is 24.0 Å². The van der Waals surface area contributed by atoms with Gasteiger partial charge < -0.3 is 10.1 Å². The summed E-state index contributed by atoms with van der Waals surface area (Å²) in [5.74, 6) is 1.01. The third-order valence-corrected chi connectivity index (χ3v) is 4.41. The SMILES string of the molecule is COc1ccc(C2(C)CCNCC2)cc1C(C)(C)C. The van der Waals surface area contributed by atoms with Crippen molar-refractivity contribution < 1.29 is 4.74 Å². The summed E-state index contributed by atoms with van der Waals surface area (Å²) in [5.41, 5.74) is 3.19. The minimum absolute atomic E-state index is 0.116. The van der Waals surface area contributed by atoms with Gasteiger partial charge in [-0.2, -0.15) is 0 Å². The van der Waals surface area contributed by atoms with E-state index in [2.05, 4.69) is 51.2 Å². The van der Waals surface area contributed by atoms with Crippen molar-refractivity contribution in [1.82, 2.24) is 5.32 Å². The lowest BCUT2D eigenvalue weighted by molar-refractivity contribution is 0.333. The van der Waals surface area contributed by atoms with E-state index < -0.39 is 0 Å². The van der Waals surface area contributed by atoms with Crippen molar-refractivity contribution in [1.29, 1.82) is 0 Å². The lowest BCUT2D eigenvalue weighted by Gasteiger charge is -2.36. The third-order valence-electron chi connectivity index (χ3n) is 4.41. The molecule has 1 saturated heterocycles. The Hall–Kier alpha value is -1.02. The summed E-state index contributed by atoms with van der Waals surface area (Å²) in [6, 6.07) is 6.76. The lowest BCUT2D eigenvalue weighted by Crippen LogP contribution is -2.37. The molecule has 2 rings (SSSR count). The van der Waals surface area contributed by atoms with E-state index in [4.69, 9.17) is 4.74 Å². The van der Waals surface area contributed by atoms with Crippen molar-refractivity contribution >= 4 is 0 Å². The topological polar surface area (TPSA) is 21.3 Å². The Morgan fingerprint density at radius 2 is 1.79 bits per heavy atom. The molecule has 19 heavy (non-hydrogen) atoms. The monoisotopic (exact) mass is 261 g/mol. The summed E-state index contributed by atoms with van der Waals surface area (Å²) in [7, 11) is 1.76. The highest BCUT2D eigenvalue weighted by atomic mass is 16.5. The molecule has 1 aliphatic rings. The quantitative estimate of drug-likeness (QED) is 0.877. The number of ether oxygens (including phenoxy) is 1. The van der Waals surface area contributed by atoms with Gasteiger partial charge in [0.2, 0.25) is 0 Å². The highest BCUT2D eigenvalue weighted by molar-refractivity contribution is 5.44. The predicted octanol–water partition coefficient (Wildman–Crippen LogP) is 3.63. The summed E-state index contributed by atoms with van der Waals surface area (Å²) < 4.78 is 5.53. The lowest BCUT2D eigenvalue weighted by atomic mass is 9.73. The second kappa shape index (κ2) is 5.16. The van der Waals surface area contributed by atoms with Crippen molar-refractivity contribution in [2.45, 2.75) is 51.4 Å². The molecule has 0 unspecified atom stereocenters. The highest BCUT2D eigenvalue weighted by Crippen LogP contribution is 2.38. The Bertz CT molecular complexity index is 439. The van der Waals surface area contributed by atoms with Gasteiger partial charge in [0.15, 0.2) is 0 Å². The van der Waals surface area contributed by atoms with Gasteiger partial charge in [-0.1, -0.05) is 39.8 Å². The maximum Gasteiger partial charge on any atom is 0.122 e. The summed E-state index contributed by atoms with van der Waals surface area (Å²) in [6.07, 6.45) is 2.42. The first kappa shape index (κ1) is 14.4. The number of benzene rings is 1. The second-order valence-corrected chi connectivity index (χ2v) is 6.98. The van der Waals surface area contributed by atoms with Gasteiger partial charge in [-0.15, -0.1) is 0 Å². The molecule has 0 aliphatic carbocycles. The van der Waals surface area contributed by atoms with Gasteiger partial charge in [0.25, 0.3) is 0 Å². The van der Waals surface area contributed by atoms with E-state index in [9.17, 15) is 0 Å². The molecule has 1 aromatic rings. The number of nitrogens with one attached hydrogen (secondary N) is 1. The van der Waals surface area contributed by atoms with E-state index in [-0.39, 0.29) is 5.41 Å². The summed E-state index contributed by atoms with van der Waals surface area (Å²) in [5, 5.41) is 3.45. The maximum atomic E-state index is 5.53. The first-order valence-electron chi connectivity index (χ1n) is 7.26. The Labute approximate surface area is 117 Å². The zero-order valence-electron chi connectivity index (χ0n) is 13.0. The van der Waals surface area contributed by atoms with Crippen LogP contribution in [0.15, 0.2) is 18.2 Å². The van der Waals surface area contributed by atoms with Gasteiger partial charge in [0.05, 0.1) is 7.11 Å². The molecule has 106 valence electrons. The van der Waals surface area contributed by atoms with Crippen LogP contribution in [0.4, 0.5) is 0 Å². The molecule has 1 fully saturated rings. The first-order chi connectivity index (χ1) is 8.87. The van der Waals surface area contributed by atoms with Crippen LogP contribution in [-0.2, 0) is 10.8 Å². The van der Waals surface area contributed by atoms with Crippen LogP contribution >= 0.6 is 0 Å². The van der Waals surface area contributed by atoms with Crippen LogP contribution in [0.1, 0.15) is 51.7 Å². The van der Waals surface area contributed by atoms with Crippen molar-refractivity contribution in [3.63, 3.8) is 0 Å². The molecule has 0 atom stereocenters. The molecule has 0 spiro atoms. The average Bonchev–Trinajstić information content (AvgIpc) is 2.38. The molecule has 0 aromatic heterocycles. The van der Waals surface area contributed by atoms with Crippen LogP contribution in [0.25, 0.3) is 0 Å². The maximum absolute atomic E-state index is 5.53. The molecule has 1 heterocycles. The van der Waals surface area contributed by atoms with E-state index in [1.54, 1.807) is 7.11 Å². The summed E-state index contributed by atoms with van der Waals surface area (Å²) in [6.45, 7) is 11.4. The number of methoxy groups -OCH3 is 1. The van der Waals surface area contributed by atoms with Crippen LogP contribution in [0.5, 0.6) is 5.75 Å². The van der Waals surface area contributed by atoms with Crippen molar-refractivity contribution in [2.24, 2.45) is 0 Å². The van der Waals surface area contributed by atoms with Crippen molar-refractivity contribution in [3.05, 3.63) is 29.3 Å². The molecule has 0 saturated carbocycles. The Morgan fingerprint density at radius 3 is 2.32 bits per heavy atom. The molecule has 2 nitrogen and oxygen atoms in total. The number of rotatable bonds is 2. The minimum Gasteiger partial charge on any atom is -0.496 e. The molecule has 1 aromatic carbocycles. The van der Waals surface area contributed by atoms with Gasteiger partial charge in [0, 0.05) is 0 Å². The zero-order chi connectivity index (χ0) is 14.1. The minimum atomic E-state index is 0.116. The van der Waals surface area contributed by atoms with Gasteiger partial charge >= 0.3 is 0 Å².